The fourth-order valence-electron chi connectivity index (χ4n) is 3.16. The highest BCUT2D eigenvalue weighted by Gasteiger charge is 2.43. The van der Waals surface area contributed by atoms with Crippen LogP contribution in [-0.2, 0) is 19.0 Å². The Morgan fingerprint density at radius 1 is 1.48 bits per heavy atom. The molecule has 6 heteroatoms. The Kier molecular flexibility index (Phi) is 7.33. The van der Waals surface area contributed by atoms with E-state index in [0.29, 0.717) is 31.4 Å². The summed E-state index contributed by atoms with van der Waals surface area (Å²) in [6.07, 6.45) is 5.51. The number of ether oxygens (including phenoxy) is 3. The number of allylic oxidation sites excluding steroid dienone is 1. The van der Waals surface area contributed by atoms with Gasteiger partial charge in [-0.2, -0.15) is 0 Å². The monoisotopic (exact) mass is 327 g/mol. The molecule has 6 nitrogen and oxygen atoms in total. The quantitative estimate of drug-likeness (QED) is 0.594. The van der Waals surface area contributed by atoms with E-state index in [-0.39, 0.29) is 24.3 Å². The average Bonchev–Trinajstić information content (AvgIpc) is 3.38. The van der Waals surface area contributed by atoms with Gasteiger partial charge >= 0.3 is 0 Å². The predicted molar refractivity (Wildman–Crippen MR) is 85.5 cm³/mol. The topological polar surface area (TPSA) is 77.0 Å². The van der Waals surface area contributed by atoms with Gasteiger partial charge in [0.25, 0.3) is 5.91 Å². The first-order chi connectivity index (χ1) is 11.2. The van der Waals surface area contributed by atoms with Gasteiger partial charge in [-0.15, -0.1) is 0 Å². The molecule has 1 saturated carbocycles. The molecule has 0 spiro atoms. The van der Waals surface area contributed by atoms with Gasteiger partial charge in [0.2, 0.25) is 6.29 Å². The summed E-state index contributed by atoms with van der Waals surface area (Å²) in [5.74, 6) is 1.24. The molecule has 1 heterocycles. The molecule has 3 atom stereocenters. The molecule has 1 aliphatic carbocycles. The van der Waals surface area contributed by atoms with E-state index in [1.807, 2.05) is 13.0 Å². The highest BCUT2D eigenvalue weighted by Crippen LogP contribution is 2.47. The largest absolute Gasteiger partial charge is 0.459 e. The summed E-state index contributed by atoms with van der Waals surface area (Å²) in [7, 11) is 1.60. The molecule has 1 fully saturated rings. The van der Waals surface area contributed by atoms with Crippen molar-refractivity contribution in [2.75, 3.05) is 33.5 Å². The lowest BCUT2D eigenvalue weighted by atomic mass is 9.82. The van der Waals surface area contributed by atoms with Crippen molar-refractivity contribution in [1.29, 1.82) is 0 Å². The number of rotatable bonds is 10. The van der Waals surface area contributed by atoms with E-state index in [2.05, 4.69) is 5.32 Å². The maximum absolute atomic E-state index is 12.3. The van der Waals surface area contributed by atoms with Crippen LogP contribution in [0.4, 0.5) is 0 Å². The lowest BCUT2D eigenvalue weighted by Crippen LogP contribution is -2.40. The number of hydrogen-bond donors (Lipinski definition) is 2. The Morgan fingerprint density at radius 2 is 2.26 bits per heavy atom. The van der Waals surface area contributed by atoms with Crippen molar-refractivity contribution in [2.45, 2.75) is 38.9 Å². The molecular weight excluding hydrogens is 298 g/mol. The first-order valence-electron chi connectivity index (χ1n) is 8.59. The van der Waals surface area contributed by atoms with Crippen molar-refractivity contribution in [3.63, 3.8) is 0 Å². The Balaban J connectivity index is 2.08. The van der Waals surface area contributed by atoms with Gasteiger partial charge in [0.1, 0.15) is 0 Å². The number of carbonyl (C=O) groups excluding carboxylic acids is 1. The van der Waals surface area contributed by atoms with Crippen molar-refractivity contribution < 1.29 is 24.1 Å². The van der Waals surface area contributed by atoms with Crippen LogP contribution in [0.25, 0.3) is 0 Å². The van der Waals surface area contributed by atoms with Crippen LogP contribution in [0, 0.1) is 17.8 Å². The van der Waals surface area contributed by atoms with E-state index < -0.39 is 6.29 Å². The Morgan fingerprint density at radius 3 is 2.87 bits per heavy atom. The van der Waals surface area contributed by atoms with Crippen LogP contribution < -0.4 is 5.32 Å². The molecular formula is C17H29NO5. The molecule has 0 aromatic heterocycles. The Bertz CT molecular complexity index is 408. The minimum absolute atomic E-state index is 0.167. The van der Waals surface area contributed by atoms with E-state index in [4.69, 9.17) is 19.3 Å². The van der Waals surface area contributed by atoms with Gasteiger partial charge in [-0.1, -0.05) is 0 Å². The first kappa shape index (κ1) is 18.2. The summed E-state index contributed by atoms with van der Waals surface area (Å²) < 4.78 is 16.5. The smallest absolute Gasteiger partial charge is 0.286 e. The van der Waals surface area contributed by atoms with Crippen LogP contribution in [0.3, 0.4) is 0 Å². The third-order valence-electron chi connectivity index (χ3n) is 4.44. The molecule has 132 valence electrons. The second-order valence-corrected chi connectivity index (χ2v) is 6.17. The number of aliphatic hydroxyl groups is 1. The van der Waals surface area contributed by atoms with Crippen molar-refractivity contribution in [3.8, 4) is 0 Å². The minimum atomic E-state index is -0.412. The zero-order chi connectivity index (χ0) is 16.7. The molecule has 0 unspecified atom stereocenters. The molecule has 1 aliphatic heterocycles. The summed E-state index contributed by atoms with van der Waals surface area (Å²) >= 11 is 0. The number of amides is 1. The number of methoxy groups -OCH3 is 1. The van der Waals surface area contributed by atoms with Crippen molar-refractivity contribution in [3.05, 3.63) is 11.8 Å². The third kappa shape index (κ3) is 5.19. The van der Waals surface area contributed by atoms with Crippen LogP contribution in [0.5, 0.6) is 0 Å². The highest BCUT2D eigenvalue weighted by atomic mass is 16.7. The second kappa shape index (κ2) is 9.25. The predicted octanol–water partition coefficient (Wildman–Crippen LogP) is 1.44. The molecule has 2 aliphatic rings. The number of nitrogens with one attached hydrogen (secondary N) is 1. The summed E-state index contributed by atoms with van der Waals surface area (Å²) in [5, 5.41) is 11.9. The van der Waals surface area contributed by atoms with Gasteiger partial charge in [0, 0.05) is 32.8 Å². The lowest BCUT2D eigenvalue weighted by Gasteiger charge is -2.37. The van der Waals surface area contributed by atoms with E-state index >= 15 is 0 Å². The van der Waals surface area contributed by atoms with Gasteiger partial charge in [-0.25, -0.2) is 0 Å². The van der Waals surface area contributed by atoms with Crippen molar-refractivity contribution >= 4 is 5.91 Å². The van der Waals surface area contributed by atoms with Crippen LogP contribution in [0.1, 0.15) is 32.6 Å². The van der Waals surface area contributed by atoms with Crippen LogP contribution in [0.2, 0.25) is 0 Å². The van der Waals surface area contributed by atoms with Crippen LogP contribution >= 0.6 is 0 Å². The van der Waals surface area contributed by atoms with Gasteiger partial charge in [-0.05, 0) is 50.5 Å². The summed E-state index contributed by atoms with van der Waals surface area (Å²) in [4.78, 5) is 12.3. The first-order valence-corrected chi connectivity index (χ1v) is 8.59. The molecule has 1 amide bonds. The van der Waals surface area contributed by atoms with Gasteiger partial charge in [0.15, 0.2) is 5.76 Å². The SMILES string of the molecule is CCO[C@@H]1OC(C(=O)NCCOC)=C[C@H](C2CC2)[C@H]1CCCO. The summed E-state index contributed by atoms with van der Waals surface area (Å²) in [6, 6.07) is 0. The molecule has 0 radical (unpaired) electrons. The number of hydrogen-bond acceptors (Lipinski definition) is 5. The highest BCUT2D eigenvalue weighted by molar-refractivity contribution is 5.91. The zero-order valence-electron chi connectivity index (χ0n) is 14.1. The second-order valence-electron chi connectivity index (χ2n) is 6.17. The summed E-state index contributed by atoms with van der Waals surface area (Å²) in [6.45, 7) is 3.56. The maximum Gasteiger partial charge on any atom is 0.286 e. The Hall–Kier alpha value is -1.11. The van der Waals surface area contributed by atoms with Crippen LogP contribution in [0.15, 0.2) is 11.8 Å². The van der Waals surface area contributed by atoms with Crippen molar-refractivity contribution in [1.82, 2.24) is 5.32 Å². The maximum atomic E-state index is 12.3. The summed E-state index contributed by atoms with van der Waals surface area (Å²) in [5.41, 5.74) is 0. The van der Waals surface area contributed by atoms with E-state index in [9.17, 15) is 4.79 Å². The van der Waals surface area contributed by atoms with Gasteiger partial charge < -0.3 is 24.6 Å². The van der Waals surface area contributed by atoms with E-state index in [1.165, 1.54) is 12.8 Å². The molecule has 0 aromatic rings. The molecule has 0 bridgehead atoms. The minimum Gasteiger partial charge on any atom is -0.459 e. The standard InChI is InChI=1S/C17H29NO5/c1-3-22-17-13(5-4-9-19)14(12-6-7-12)11-15(23-17)16(20)18-8-10-21-2/h11-14,17,19H,3-10H2,1-2H3,(H,18,20)/t13-,14-,17-/m1/s1. The Labute approximate surface area is 138 Å². The van der Waals surface area contributed by atoms with Crippen molar-refractivity contribution in [2.24, 2.45) is 17.8 Å². The molecule has 2 N–H and O–H groups in total. The molecule has 2 rings (SSSR count). The number of carbonyl (C=O) groups is 1. The molecule has 0 aromatic carbocycles. The van der Waals surface area contributed by atoms with Crippen LogP contribution in [-0.4, -0.2) is 50.8 Å². The molecule has 23 heavy (non-hydrogen) atoms. The third-order valence-corrected chi connectivity index (χ3v) is 4.44. The fourth-order valence-corrected chi connectivity index (χ4v) is 3.16. The van der Waals surface area contributed by atoms with E-state index in [0.717, 1.165) is 12.8 Å². The average molecular weight is 327 g/mol. The normalized spacial score (nSPS) is 27.3. The molecule has 0 saturated heterocycles. The van der Waals surface area contributed by atoms with Gasteiger partial charge in [-0.3, -0.25) is 4.79 Å². The fraction of sp³-hybridized carbons (Fsp3) is 0.824. The lowest BCUT2D eigenvalue weighted by molar-refractivity contribution is -0.173. The van der Waals surface area contributed by atoms with Gasteiger partial charge in [0.05, 0.1) is 6.61 Å². The van der Waals surface area contributed by atoms with E-state index in [1.54, 1.807) is 7.11 Å². The zero-order valence-corrected chi connectivity index (χ0v) is 14.1. The number of aliphatic hydroxyl groups excluding tert-OH is 1.